The van der Waals surface area contributed by atoms with Crippen LogP contribution in [0.25, 0.3) is 0 Å². The van der Waals surface area contributed by atoms with E-state index in [1.807, 2.05) is 0 Å². The van der Waals surface area contributed by atoms with E-state index in [1.54, 1.807) is 0 Å². The van der Waals surface area contributed by atoms with E-state index < -0.39 is 37.1 Å². The third kappa shape index (κ3) is 6.45. The van der Waals surface area contributed by atoms with Gasteiger partial charge in [0.2, 0.25) is 0 Å². The minimum absolute atomic E-state index is 0. The molecule has 2 N–H and O–H groups in total. The zero-order chi connectivity index (χ0) is 22.3. The monoisotopic (exact) mass is 520 g/mol. The van der Waals surface area contributed by atoms with Crippen molar-refractivity contribution in [3.63, 3.8) is 0 Å². The topological polar surface area (TPSA) is 166 Å². The molecule has 1 aliphatic rings. The largest absolute Gasteiger partial charge is 1.00 e. The molecule has 0 saturated carbocycles. The van der Waals surface area contributed by atoms with Crippen LogP contribution in [0, 0.1) is 0 Å². The molecule has 1 heterocycles. The summed E-state index contributed by atoms with van der Waals surface area (Å²) in [5.41, 5.74) is 0.394. The third-order valence-electron chi connectivity index (χ3n) is 3.97. The number of azo groups is 1. The first-order valence-electron chi connectivity index (χ1n) is 8.03. The van der Waals surface area contributed by atoms with Crippen LogP contribution in [0.5, 0.6) is 0 Å². The van der Waals surface area contributed by atoms with Gasteiger partial charge in [0.15, 0.2) is 6.04 Å². The number of hydrogen-bond acceptors (Lipinski definition) is 8. The van der Waals surface area contributed by atoms with E-state index in [9.17, 15) is 26.2 Å². The smallest absolute Gasteiger partial charge is 1.00 e. The molecule has 1 unspecified atom stereocenters. The number of benzene rings is 2. The maximum atomic E-state index is 12.7. The molecule has 162 valence electrons. The molecule has 16 heteroatoms. The van der Waals surface area contributed by atoms with Crippen molar-refractivity contribution in [1.82, 2.24) is 0 Å². The van der Waals surface area contributed by atoms with Crippen molar-refractivity contribution in [3.05, 3.63) is 47.5 Å². The normalized spacial score (nSPS) is 16.5. The average Bonchev–Trinajstić information content (AvgIpc) is 2.92. The minimum Gasteiger partial charge on any atom is -1.00 e. The van der Waals surface area contributed by atoms with Crippen LogP contribution in [0.15, 0.2) is 67.6 Å². The fourth-order valence-electron chi connectivity index (χ4n) is 2.53. The van der Waals surface area contributed by atoms with E-state index in [2.05, 4.69) is 15.3 Å². The number of amides is 1. The first kappa shape index (κ1) is 29.3. The predicted octanol–water partition coefficient (Wildman–Crippen LogP) is -3.06. The number of carbonyl (C=O) groups is 1. The van der Waals surface area contributed by atoms with Gasteiger partial charge < -0.3 is 2.85 Å². The molecule has 0 spiro atoms. The second kappa shape index (κ2) is 11.1. The molecule has 2 aromatic rings. The first-order chi connectivity index (χ1) is 13.9. The second-order valence-electron chi connectivity index (χ2n) is 6.04. The summed E-state index contributed by atoms with van der Waals surface area (Å²) in [6.07, 6.45) is 0. The van der Waals surface area contributed by atoms with Crippen LogP contribution < -0.4 is 64.1 Å². The van der Waals surface area contributed by atoms with Crippen LogP contribution in [0.1, 0.15) is 9.78 Å². The maximum absolute atomic E-state index is 12.7. The Labute approximate surface area is 236 Å². The van der Waals surface area contributed by atoms with Gasteiger partial charge in [-0.05, 0) is 43.3 Å². The van der Waals surface area contributed by atoms with Gasteiger partial charge in [-0.15, -0.1) is 0 Å². The van der Waals surface area contributed by atoms with Crippen molar-refractivity contribution in [2.45, 2.75) is 22.8 Å². The molecule has 3 rings (SSSR count). The van der Waals surface area contributed by atoms with Gasteiger partial charge in [-0.1, -0.05) is 17.7 Å². The van der Waals surface area contributed by atoms with Gasteiger partial charge in [0.1, 0.15) is 4.90 Å². The van der Waals surface area contributed by atoms with E-state index in [-0.39, 0.29) is 89.0 Å². The van der Waals surface area contributed by atoms with Crippen molar-refractivity contribution in [1.29, 1.82) is 0 Å². The molecule has 1 amide bonds. The van der Waals surface area contributed by atoms with Crippen LogP contribution >= 0.6 is 11.6 Å². The van der Waals surface area contributed by atoms with Crippen molar-refractivity contribution in [2.75, 3.05) is 5.01 Å². The zero-order valence-corrected chi connectivity index (χ0v) is 23.4. The fourth-order valence-corrected chi connectivity index (χ4v) is 4.09. The summed E-state index contributed by atoms with van der Waals surface area (Å²) >= 11 is 6.03. The molecule has 1 aliphatic heterocycles. The Hall–Kier alpha value is -0.710. The van der Waals surface area contributed by atoms with Gasteiger partial charge in [-0.3, -0.25) is 13.9 Å². The van der Waals surface area contributed by atoms with Crippen molar-refractivity contribution in [3.8, 4) is 0 Å². The Morgan fingerprint density at radius 1 is 1.03 bits per heavy atom. The Balaban J connectivity index is 0. The fraction of sp³-hybridized carbons (Fsp3) is 0.125. The number of anilines is 1. The molecule has 0 saturated heterocycles. The summed E-state index contributed by atoms with van der Waals surface area (Å²) in [4.78, 5) is 11.8. The molecular formula is C16H15ClN4Na2O7S2. The van der Waals surface area contributed by atoms with E-state index in [1.165, 1.54) is 31.2 Å². The third-order valence-corrected chi connectivity index (χ3v) is 6.24. The summed E-state index contributed by atoms with van der Waals surface area (Å²) in [5, 5.41) is 12.3. The summed E-state index contributed by atoms with van der Waals surface area (Å²) in [6, 6.07) is 7.38. The molecule has 32 heavy (non-hydrogen) atoms. The van der Waals surface area contributed by atoms with E-state index in [0.29, 0.717) is 0 Å². The first-order valence-corrected chi connectivity index (χ1v) is 11.3. The minimum atomic E-state index is -4.61. The Morgan fingerprint density at radius 2 is 1.62 bits per heavy atom. The number of hydrogen-bond donors (Lipinski definition) is 2. The molecule has 0 aliphatic carbocycles. The van der Waals surface area contributed by atoms with Gasteiger partial charge >= 0.3 is 59.1 Å². The van der Waals surface area contributed by atoms with E-state index in [0.717, 1.165) is 23.2 Å². The van der Waals surface area contributed by atoms with Gasteiger partial charge in [-0.2, -0.15) is 37.2 Å². The molecule has 2 aromatic carbocycles. The van der Waals surface area contributed by atoms with Crippen LogP contribution in [0.4, 0.5) is 11.4 Å². The van der Waals surface area contributed by atoms with E-state index >= 15 is 0 Å². The van der Waals surface area contributed by atoms with Crippen molar-refractivity contribution >= 4 is 54.8 Å². The number of carbonyl (C=O) groups excluding carboxylic acids is 1. The van der Waals surface area contributed by atoms with Crippen LogP contribution in [0.2, 0.25) is 5.02 Å². The van der Waals surface area contributed by atoms with E-state index in [4.69, 9.17) is 16.2 Å². The van der Waals surface area contributed by atoms with Gasteiger partial charge in [-0.25, -0.2) is 0 Å². The van der Waals surface area contributed by atoms with Gasteiger partial charge in [0.25, 0.3) is 26.1 Å². The molecule has 11 nitrogen and oxygen atoms in total. The summed E-state index contributed by atoms with van der Waals surface area (Å²) < 4.78 is 63.2. The molecular weight excluding hydrogens is 506 g/mol. The number of nitrogens with zero attached hydrogens (tertiary/aromatic N) is 4. The number of halogens is 1. The van der Waals surface area contributed by atoms with Crippen molar-refractivity contribution < 1.29 is 92.7 Å². The SMILES string of the molecule is CC1=NN(c2cccc(S(=O)(=O)O)c2Cl)C(=O)C1N=Nc1ccc(S(=O)(=O)O)cc1.[H-].[H-].[Na+].[Na+]. The van der Waals surface area contributed by atoms with Gasteiger partial charge in [0.05, 0.1) is 27.0 Å². The summed E-state index contributed by atoms with van der Waals surface area (Å²) in [7, 11) is -8.96. The molecule has 0 radical (unpaired) electrons. The van der Waals surface area contributed by atoms with Crippen molar-refractivity contribution in [2.24, 2.45) is 15.3 Å². The van der Waals surface area contributed by atoms with Crippen LogP contribution in [-0.2, 0) is 25.0 Å². The molecule has 0 fully saturated rings. The van der Waals surface area contributed by atoms with Crippen LogP contribution in [-0.4, -0.2) is 43.6 Å². The molecule has 1 atom stereocenters. The standard InChI is InChI=1S/C16H13ClN4O7S2.2Na.2H/c1-9-15(19-18-10-5-7-11(8-6-10)29(23,24)25)16(22)21(20-9)12-3-2-4-13(14(12)17)30(26,27)28;;;;/h2-8,15H,1H3,(H,23,24,25)(H,26,27,28);;;;/q;2*+1;2*-1. The van der Waals surface area contributed by atoms with Crippen LogP contribution in [0.3, 0.4) is 0 Å². The summed E-state index contributed by atoms with van der Waals surface area (Å²) in [6.45, 7) is 1.50. The Morgan fingerprint density at radius 3 is 2.16 bits per heavy atom. The average molecular weight is 521 g/mol. The Bertz CT molecular complexity index is 1310. The van der Waals surface area contributed by atoms with Gasteiger partial charge in [0, 0.05) is 0 Å². The predicted molar refractivity (Wildman–Crippen MR) is 109 cm³/mol. The quantitative estimate of drug-likeness (QED) is 0.240. The molecule has 0 bridgehead atoms. The maximum Gasteiger partial charge on any atom is 1.00 e. The zero-order valence-electron chi connectivity index (χ0n) is 19.0. The Kier molecular flexibility index (Phi) is 10.2. The number of hydrazone groups is 1. The second-order valence-corrected chi connectivity index (χ2v) is 9.23. The molecule has 0 aromatic heterocycles. The number of rotatable bonds is 5. The summed E-state index contributed by atoms with van der Waals surface area (Å²) in [5.74, 6) is -0.666.